The first kappa shape index (κ1) is 23.1. The van der Waals surface area contributed by atoms with Gasteiger partial charge in [0.05, 0.1) is 31.6 Å². The summed E-state index contributed by atoms with van der Waals surface area (Å²) in [5.74, 6) is 0.793. The first-order valence-corrected chi connectivity index (χ1v) is 9.90. The summed E-state index contributed by atoms with van der Waals surface area (Å²) in [5, 5.41) is 2.70. The molecule has 0 fully saturated rings. The van der Waals surface area contributed by atoms with Crippen LogP contribution < -0.4 is 19.5 Å². The predicted molar refractivity (Wildman–Crippen MR) is 114 cm³/mol. The van der Waals surface area contributed by atoms with Gasteiger partial charge in [0, 0.05) is 0 Å². The van der Waals surface area contributed by atoms with Crippen molar-refractivity contribution in [1.82, 2.24) is 0 Å². The van der Waals surface area contributed by atoms with Gasteiger partial charge in [0.1, 0.15) is 5.75 Å². The molecule has 2 aromatic carbocycles. The highest BCUT2D eigenvalue weighted by Gasteiger charge is 2.21. The fraction of sp³-hybridized carbons (Fsp3) is 0.391. The molecule has 1 atom stereocenters. The molecule has 2 aromatic rings. The molecule has 0 radical (unpaired) electrons. The third-order valence-electron chi connectivity index (χ3n) is 4.07. The van der Waals surface area contributed by atoms with Crippen molar-refractivity contribution in [2.45, 2.75) is 33.8 Å². The molecule has 0 aliphatic rings. The molecular formula is C23H29NO6. The number of ether oxygens (including phenoxy) is 4. The highest BCUT2D eigenvalue weighted by molar-refractivity contribution is 5.98. The van der Waals surface area contributed by atoms with E-state index in [1.807, 2.05) is 20.8 Å². The van der Waals surface area contributed by atoms with E-state index in [0.29, 0.717) is 42.1 Å². The molecule has 1 amide bonds. The van der Waals surface area contributed by atoms with Crippen LogP contribution in [0.15, 0.2) is 42.5 Å². The van der Waals surface area contributed by atoms with Crippen molar-refractivity contribution >= 4 is 17.6 Å². The Morgan fingerprint density at radius 2 is 1.70 bits per heavy atom. The molecule has 0 saturated carbocycles. The van der Waals surface area contributed by atoms with Gasteiger partial charge in [-0.25, -0.2) is 4.79 Å². The van der Waals surface area contributed by atoms with Crippen LogP contribution in [0.3, 0.4) is 0 Å². The Hall–Kier alpha value is -3.22. The number of amides is 1. The highest BCUT2D eigenvalue weighted by atomic mass is 16.5. The van der Waals surface area contributed by atoms with Crippen molar-refractivity contribution < 1.29 is 28.5 Å². The van der Waals surface area contributed by atoms with Gasteiger partial charge in [-0.15, -0.1) is 0 Å². The average Bonchev–Trinajstić information content (AvgIpc) is 2.73. The van der Waals surface area contributed by atoms with Gasteiger partial charge in [0.2, 0.25) is 0 Å². The van der Waals surface area contributed by atoms with E-state index in [1.54, 1.807) is 42.5 Å². The Balaban J connectivity index is 2.06. The summed E-state index contributed by atoms with van der Waals surface area (Å²) >= 11 is 0. The van der Waals surface area contributed by atoms with E-state index < -0.39 is 18.0 Å². The Bertz CT molecular complexity index is 865. The molecule has 162 valence electrons. The average molecular weight is 415 g/mol. The van der Waals surface area contributed by atoms with Crippen LogP contribution in [0, 0.1) is 5.92 Å². The zero-order chi connectivity index (χ0) is 22.1. The second-order valence-electron chi connectivity index (χ2n) is 7.04. The molecule has 0 spiro atoms. The quantitative estimate of drug-likeness (QED) is 0.582. The number of rotatable bonds is 10. The van der Waals surface area contributed by atoms with Crippen molar-refractivity contribution in [1.29, 1.82) is 0 Å². The zero-order valence-electron chi connectivity index (χ0n) is 18.1. The zero-order valence-corrected chi connectivity index (χ0v) is 18.1. The third-order valence-corrected chi connectivity index (χ3v) is 4.07. The van der Waals surface area contributed by atoms with E-state index in [1.165, 1.54) is 14.0 Å². The Labute approximate surface area is 177 Å². The van der Waals surface area contributed by atoms with Gasteiger partial charge in [-0.3, -0.25) is 4.79 Å². The third kappa shape index (κ3) is 6.40. The van der Waals surface area contributed by atoms with Gasteiger partial charge >= 0.3 is 5.97 Å². The van der Waals surface area contributed by atoms with Crippen LogP contribution in [0.5, 0.6) is 17.2 Å². The molecule has 1 N–H and O–H groups in total. The van der Waals surface area contributed by atoms with Crippen molar-refractivity contribution in [3.63, 3.8) is 0 Å². The lowest BCUT2D eigenvalue weighted by Crippen LogP contribution is -2.30. The van der Waals surface area contributed by atoms with Gasteiger partial charge in [0.25, 0.3) is 5.91 Å². The topological polar surface area (TPSA) is 83.1 Å². The van der Waals surface area contributed by atoms with Crippen LogP contribution >= 0.6 is 0 Å². The van der Waals surface area contributed by atoms with E-state index >= 15 is 0 Å². The van der Waals surface area contributed by atoms with Crippen molar-refractivity contribution in [3.05, 3.63) is 48.0 Å². The molecule has 0 heterocycles. The molecule has 0 unspecified atom stereocenters. The van der Waals surface area contributed by atoms with E-state index in [0.717, 1.165) is 0 Å². The van der Waals surface area contributed by atoms with Crippen LogP contribution in [0.1, 0.15) is 38.1 Å². The molecular weight excluding hydrogens is 386 g/mol. The summed E-state index contributed by atoms with van der Waals surface area (Å²) < 4.78 is 21.9. The van der Waals surface area contributed by atoms with E-state index in [4.69, 9.17) is 18.9 Å². The molecule has 0 bridgehead atoms. The van der Waals surface area contributed by atoms with Crippen LogP contribution in [-0.4, -0.2) is 38.3 Å². The summed E-state index contributed by atoms with van der Waals surface area (Å²) in [6, 6.07) is 11.8. The number of hydrogen-bond acceptors (Lipinski definition) is 6. The standard InChI is InChI=1S/C23H29NO6/c1-6-28-21-13-17(11-12-20(21)29-14-15(2)3)23(26)30-16(4)22(25)24-18-9-7-8-10-19(18)27-5/h7-13,15-16H,6,14H2,1-5H3,(H,24,25)/t16-/m0/s1. The van der Waals surface area contributed by atoms with E-state index in [9.17, 15) is 9.59 Å². The number of hydrogen-bond donors (Lipinski definition) is 1. The summed E-state index contributed by atoms with van der Waals surface area (Å²) in [6.07, 6.45) is -1.00. The summed E-state index contributed by atoms with van der Waals surface area (Å²) in [5.41, 5.74) is 0.769. The highest BCUT2D eigenvalue weighted by Crippen LogP contribution is 2.29. The largest absolute Gasteiger partial charge is 0.495 e. The minimum Gasteiger partial charge on any atom is -0.495 e. The minimum atomic E-state index is -1.00. The number of methoxy groups -OCH3 is 1. The fourth-order valence-corrected chi connectivity index (χ4v) is 2.54. The van der Waals surface area contributed by atoms with Gasteiger partial charge in [0.15, 0.2) is 17.6 Å². The number of carbonyl (C=O) groups excluding carboxylic acids is 2. The SMILES string of the molecule is CCOc1cc(C(=O)O[C@@H](C)C(=O)Nc2ccccc2OC)ccc1OCC(C)C. The monoisotopic (exact) mass is 415 g/mol. The Morgan fingerprint density at radius 3 is 2.37 bits per heavy atom. The molecule has 0 aliphatic heterocycles. The lowest BCUT2D eigenvalue weighted by molar-refractivity contribution is -0.123. The lowest BCUT2D eigenvalue weighted by Gasteiger charge is -2.16. The smallest absolute Gasteiger partial charge is 0.339 e. The maximum Gasteiger partial charge on any atom is 0.339 e. The maximum atomic E-state index is 12.5. The van der Waals surface area contributed by atoms with Gasteiger partial charge in [-0.2, -0.15) is 0 Å². The van der Waals surface area contributed by atoms with E-state index in [-0.39, 0.29) is 5.56 Å². The van der Waals surface area contributed by atoms with Crippen LogP contribution in [0.25, 0.3) is 0 Å². The van der Waals surface area contributed by atoms with Crippen molar-refractivity contribution in [2.75, 3.05) is 25.6 Å². The first-order chi connectivity index (χ1) is 14.3. The molecule has 30 heavy (non-hydrogen) atoms. The van der Waals surface area contributed by atoms with Gasteiger partial charge in [-0.1, -0.05) is 26.0 Å². The molecule has 0 aromatic heterocycles. The minimum absolute atomic E-state index is 0.271. The molecule has 2 rings (SSSR count). The number of anilines is 1. The van der Waals surface area contributed by atoms with Gasteiger partial charge < -0.3 is 24.3 Å². The van der Waals surface area contributed by atoms with Gasteiger partial charge in [-0.05, 0) is 50.1 Å². The summed E-state index contributed by atoms with van der Waals surface area (Å²) in [7, 11) is 1.51. The van der Waals surface area contributed by atoms with E-state index in [2.05, 4.69) is 5.32 Å². The van der Waals surface area contributed by atoms with Crippen LogP contribution in [0.4, 0.5) is 5.69 Å². The molecule has 0 aliphatic carbocycles. The number of carbonyl (C=O) groups is 2. The second-order valence-corrected chi connectivity index (χ2v) is 7.04. The van der Waals surface area contributed by atoms with Crippen LogP contribution in [-0.2, 0) is 9.53 Å². The number of nitrogens with one attached hydrogen (secondary N) is 1. The number of esters is 1. The number of para-hydroxylation sites is 2. The summed E-state index contributed by atoms with van der Waals surface area (Å²) in [6.45, 7) is 8.40. The maximum absolute atomic E-state index is 12.5. The first-order valence-electron chi connectivity index (χ1n) is 9.90. The summed E-state index contributed by atoms with van der Waals surface area (Å²) in [4.78, 5) is 25.0. The normalized spacial score (nSPS) is 11.5. The van der Waals surface area contributed by atoms with Crippen molar-refractivity contribution in [2.24, 2.45) is 5.92 Å². The molecule has 7 nitrogen and oxygen atoms in total. The molecule has 0 saturated heterocycles. The Morgan fingerprint density at radius 1 is 0.967 bits per heavy atom. The van der Waals surface area contributed by atoms with Crippen LogP contribution in [0.2, 0.25) is 0 Å². The Kier molecular flexibility index (Phi) is 8.53. The molecule has 7 heteroatoms. The fourth-order valence-electron chi connectivity index (χ4n) is 2.54. The second kappa shape index (κ2) is 11.1. The predicted octanol–water partition coefficient (Wildman–Crippen LogP) is 4.31. The lowest BCUT2D eigenvalue weighted by atomic mass is 10.2. The number of benzene rings is 2. The van der Waals surface area contributed by atoms with Crippen molar-refractivity contribution in [3.8, 4) is 17.2 Å².